The molecule has 0 radical (unpaired) electrons. The van der Waals surface area contributed by atoms with Gasteiger partial charge in [0.15, 0.2) is 0 Å². The number of piperidine rings is 1. The van der Waals surface area contributed by atoms with Crippen molar-refractivity contribution < 1.29 is 0 Å². The molecule has 1 aliphatic rings. The fourth-order valence-electron chi connectivity index (χ4n) is 3.61. The van der Waals surface area contributed by atoms with Crippen LogP contribution in [0.25, 0.3) is 0 Å². The molecule has 112 valence electrons. The van der Waals surface area contributed by atoms with Crippen molar-refractivity contribution in [1.82, 2.24) is 4.90 Å². The third-order valence-electron chi connectivity index (χ3n) is 4.89. The van der Waals surface area contributed by atoms with E-state index in [4.69, 9.17) is 5.73 Å². The van der Waals surface area contributed by atoms with Crippen molar-refractivity contribution in [2.75, 3.05) is 19.6 Å². The van der Waals surface area contributed by atoms with E-state index in [2.05, 4.69) is 51.7 Å². The Hall–Kier alpha value is -0.860. The second-order valence-corrected chi connectivity index (χ2v) is 7.26. The van der Waals surface area contributed by atoms with Crippen LogP contribution < -0.4 is 5.73 Å². The number of nitrogens with two attached hydrogens (primary N) is 1. The minimum Gasteiger partial charge on any atom is -0.329 e. The van der Waals surface area contributed by atoms with Gasteiger partial charge in [0.1, 0.15) is 0 Å². The summed E-state index contributed by atoms with van der Waals surface area (Å²) in [6.07, 6.45) is 2.54. The molecule has 2 N–H and O–H groups in total. The lowest BCUT2D eigenvalue weighted by Crippen LogP contribution is -2.42. The number of hydrogen-bond donors (Lipinski definition) is 1. The molecule has 1 heterocycles. The number of hydrogen-bond acceptors (Lipinski definition) is 2. The second kappa shape index (κ2) is 5.87. The van der Waals surface area contributed by atoms with Crippen LogP contribution in [0.15, 0.2) is 12.1 Å². The molecule has 1 fully saturated rings. The predicted octanol–water partition coefficient (Wildman–Crippen LogP) is 3.73. The Bertz CT molecular complexity index is 443. The van der Waals surface area contributed by atoms with Crippen LogP contribution in [0.4, 0.5) is 0 Å². The molecule has 1 aromatic rings. The second-order valence-electron chi connectivity index (χ2n) is 7.26. The molecule has 0 amide bonds. The minimum absolute atomic E-state index is 0.381. The van der Waals surface area contributed by atoms with Crippen molar-refractivity contribution in [3.8, 4) is 0 Å². The summed E-state index contributed by atoms with van der Waals surface area (Å²) in [7, 11) is 0. The Balaban J connectivity index is 2.25. The number of rotatable bonds is 3. The standard InChI is InChI=1S/C18H30N2/c1-13-10-14(2)17(15(3)11-13)16(12-19)20-8-6-18(4,5)7-9-20/h10-11,16H,6-9,12,19H2,1-5H3. The summed E-state index contributed by atoms with van der Waals surface area (Å²) < 4.78 is 0. The van der Waals surface area contributed by atoms with E-state index in [0.29, 0.717) is 18.0 Å². The monoisotopic (exact) mass is 274 g/mol. The van der Waals surface area contributed by atoms with Crippen LogP contribution in [0.2, 0.25) is 0 Å². The number of likely N-dealkylation sites (tertiary alicyclic amines) is 1. The summed E-state index contributed by atoms with van der Waals surface area (Å²) in [6, 6.07) is 4.96. The summed E-state index contributed by atoms with van der Waals surface area (Å²) in [5, 5.41) is 0. The van der Waals surface area contributed by atoms with E-state index < -0.39 is 0 Å². The Labute approximate surface area is 124 Å². The van der Waals surface area contributed by atoms with Gasteiger partial charge in [-0.05, 0) is 68.8 Å². The van der Waals surface area contributed by atoms with Crippen molar-refractivity contribution in [2.45, 2.75) is 53.5 Å². The largest absolute Gasteiger partial charge is 0.329 e. The van der Waals surface area contributed by atoms with Crippen LogP contribution in [0.1, 0.15) is 55.0 Å². The molecule has 1 aromatic carbocycles. The zero-order chi connectivity index (χ0) is 14.9. The van der Waals surface area contributed by atoms with E-state index in [0.717, 1.165) is 0 Å². The van der Waals surface area contributed by atoms with Gasteiger partial charge in [0.05, 0.1) is 0 Å². The first-order chi connectivity index (χ1) is 9.34. The van der Waals surface area contributed by atoms with Crippen molar-refractivity contribution in [2.24, 2.45) is 11.1 Å². The predicted molar refractivity (Wildman–Crippen MR) is 87.0 cm³/mol. The summed E-state index contributed by atoms with van der Waals surface area (Å²) in [5.74, 6) is 0. The highest BCUT2D eigenvalue weighted by Crippen LogP contribution is 2.35. The molecule has 2 rings (SSSR count). The molecule has 0 spiro atoms. The fraction of sp³-hybridized carbons (Fsp3) is 0.667. The van der Waals surface area contributed by atoms with Gasteiger partial charge in [-0.2, -0.15) is 0 Å². The highest BCUT2D eigenvalue weighted by molar-refractivity contribution is 5.40. The van der Waals surface area contributed by atoms with Gasteiger partial charge in [-0.1, -0.05) is 31.5 Å². The van der Waals surface area contributed by atoms with Crippen molar-refractivity contribution in [3.63, 3.8) is 0 Å². The maximum Gasteiger partial charge on any atom is 0.0475 e. The van der Waals surface area contributed by atoms with E-state index in [-0.39, 0.29) is 0 Å². The smallest absolute Gasteiger partial charge is 0.0475 e. The zero-order valence-corrected chi connectivity index (χ0v) is 13.8. The Morgan fingerprint density at radius 1 is 1.10 bits per heavy atom. The first-order valence-corrected chi connectivity index (χ1v) is 7.86. The van der Waals surface area contributed by atoms with E-state index >= 15 is 0 Å². The van der Waals surface area contributed by atoms with Crippen LogP contribution in [-0.2, 0) is 0 Å². The Morgan fingerprint density at radius 2 is 1.60 bits per heavy atom. The molecule has 1 saturated heterocycles. The third kappa shape index (κ3) is 3.24. The number of benzene rings is 1. The van der Waals surface area contributed by atoms with Gasteiger partial charge in [0.2, 0.25) is 0 Å². The van der Waals surface area contributed by atoms with E-state index in [1.54, 1.807) is 0 Å². The highest BCUT2D eigenvalue weighted by atomic mass is 15.2. The molecule has 0 saturated carbocycles. The van der Waals surface area contributed by atoms with Crippen molar-refractivity contribution in [3.05, 3.63) is 34.4 Å². The van der Waals surface area contributed by atoms with Gasteiger partial charge in [-0.15, -0.1) is 0 Å². The topological polar surface area (TPSA) is 29.3 Å². The van der Waals surface area contributed by atoms with Gasteiger partial charge >= 0.3 is 0 Å². The normalized spacial score (nSPS) is 20.9. The summed E-state index contributed by atoms with van der Waals surface area (Å²) in [4.78, 5) is 2.59. The lowest BCUT2D eigenvalue weighted by molar-refractivity contribution is 0.0959. The Morgan fingerprint density at radius 3 is 2.05 bits per heavy atom. The van der Waals surface area contributed by atoms with E-state index in [1.165, 1.54) is 48.2 Å². The zero-order valence-electron chi connectivity index (χ0n) is 13.8. The molecule has 20 heavy (non-hydrogen) atoms. The van der Waals surface area contributed by atoms with Crippen LogP contribution in [0.3, 0.4) is 0 Å². The molecule has 2 heteroatoms. The number of nitrogens with zero attached hydrogens (tertiary/aromatic N) is 1. The average molecular weight is 274 g/mol. The maximum atomic E-state index is 6.14. The third-order valence-corrected chi connectivity index (χ3v) is 4.89. The highest BCUT2D eigenvalue weighted by Gasteiger charge is 2.30. The van der Waals surface area contributed by atoms with Gasteiger partial charge < -0.3 is 5.73 Å². The molecule has 0 aromatic heterocycles. The molecule has 1 atom stereocenters. The maximum absolute atomic E-state index is 6.14. The average Bonchev–Trinajstić information content (AvgIpc) is 2.34. The first kappa shape index (κ1) is 15.5. The van der Waals surface area contributed by atoms with Crippen LogP contribution in [0, 0.1) is 26.2 Å². The lowest BCUT2D eigenvalue weighted by Gasteiger charge is -2.41. The molecule has 1 aliphatic heterocycles. The molecule has 2 nitrogen and oxygen atoms in total. The summed E-state index contributed by atoms with van der Waals surface area (Å²) >= 11 is 0. The first-order valence-electron chi connectivity index (χ1n) is 7.86. The van der Waals surface area contributed by atoms with Crippen LogP contribution in [-0.4, -0.2) is 24.5 Å². The van der Waals surface area contributed by atoms with E-state index in [9.17, 15) is 0 Å². The molecule has 0 bridgehead atoms. The molecule has 0 aliphatic carbocycles. The molecular weight excluding hydrogens is 244 g/mol. The summed E-state index contributed by atoms with van der Waals surface area (Å²) in [6.45, 7) is 14.4. The van der Waals surface area contributed by atoms with Gasteiger partial charge in [-0.25, -0.2) is 0 Å². The van der Waals surface area contributed by atoms with Crippen molar-refractivity contribution in [1.29, 1.82) is 0 Å². The van der Waals surface area contributed by atoms with Crippen LogP contribution >= 0.6 is 0 Å². The quantitative estimate of drug-likeness (QED) is 0.910. The van der Waals surface area contributed by atoms with Crippen molar-refractivity contribution >= 4 is 0 Å². The SMILES string of the molecule is Cc1cc(C)c(C(CN)N2CCC(C)(C)CC2)c(C)c1. The number of aryl methyl sites for hydroxylation is 3. The van der Waals surface area contributed by atoms with Crippen LogP contribution in [0.5, 0.6) is 0 Å². The molecular formula is C18H30N2. The Kier molecular flexibility index (Phi) is 4.55. The van der Waals surface area contributed by atoms with E-state index in [1.807, 2.05) is 0 Å². The fourth-order valence-corrected chi connectivity index (χ4v) is 3.61. The molecule has 1 unspecified atom stereocenters. The minimum atomic E-state index is 0.381. The van der Waals surface area contributed by atoms with Gasteiger partial charge in [0.25, 0.3) is 0 Å². The lowest BCUT2D eigenvalue weighted by atomic mass is 9.81. The van der Waals surface area contributed by atoms with Gasteiger partial charge in [0, 0.05) is 12.6 Å². The van der Waals surface area contributed by atoms with Gasteiger partial charge in [-0.3, -0.25) is 4.90 Å². The summed E-state index contributed by atoms with van der Waals surface area (Å²) in [5.41, 5.74) is 12.2.